The summed E-state index contributed by atoms with van der Waals surface area (Å²) in [7, 11) is -3.65. The van der Waals surface area contributed by atoms with Gasteiger partial charge in [-0.1, -0.05) is 30.3 Å². The SMILES string of the molecule is C[C@H](NC(=O)CN1C(=O)[C@@H]2CCCCN2c2ccc(S(=O)(=O)N3CCCC3)cc21)c1ccccc1. The van der Waals surface area contributed by atoms with Crippen LogP contribution < -0.4 is 15.1 Å². The maximum absolute atomic E-state index is 13.6. The zero-order valence-corrected chi connectivity index (χ0v) is 20.8. The molecule has 8 nitrogen and oxygen atoms in total. The molecule has 0 aliphatic carbocycles. The van der Waals surface area contributed by atoms with Crippen molar-refractivity contribution in [2.75, 3.05) is 36.0 Å². The summed E-state index contributed by atoms with van der Waals surface area (Å²) in [4.78, 5) is 30.4. The highest BCUT2D eigenvalue weighted by Gasteiger charge is 2.41. The van der Waals surface area contributed by atoms with E-state index in [2.05, 4.69) is 10.2 Å². The zero-order chi connectivity index (χ0) is 24.6. The Bertz CT molecular complexity index is 1210. The number of nitrogens with zero attached hydrogens (tertiary/aromatic N) is 3. The van der Waals surface area contributed by atoms with Crippen molar-refractivity contribution < 1.29 is 18.0 Å². The van der Waals surface area contributed by atoms with Gasteiger partial charge < -0.3 is 10.2 Å². The molecule has 5 rings (SSSR count). The van der Waals surface area contributed by atoms with Crippen molar-refractivity contribution in [1.29, 1.82) is 0 Å². The lowest BCUT2D eigenvalue weighted by Crippen LogP contribution is -2.57. The maximum atomic E-state index is 13.6. The molecule has 0 aromatic heterocycles. The fourth-order valence-electron chi connectivity index (χ4n) is 5.39. The van der Waals surface area contributed by atoms with Gasteiger partial charge in [-0.2, -0.15) is 4.31 Å². The largest absolute Gasteiger partial charge is 0.358 e. The molecule has 35 heavy (non-hydrogen) atoms. The van der Waals surface area contributed by atoms with Gasteiger partial charge in [0.05, 0.1) is 22.3 Å². The normalized spacial score (nSPS) is 21.4. The van der Waals surface area contributed by atoms with Crippen LogP contribution in [0, 0.1) is 0 Å². The lowest BCUT2D eigenvalue weighted by atomic mass is 9.96. The monoisotopic (exact) mass is 496 g/mol. The third-order valence-corrected chi connectivity index (χ3v) is 9.18. The molecule has 3 heterocycles. The van der Waals surface area contributed by atoms with Gasteiger partial charge in [0.25, 0.3) is 0 Å². The summed E-state index contributed by atoms with van der Waals surface area (Å²) in [5.74, 6) is -0.423. The van der Waals surface area contributed by atoms with Crippen LogP contribution >= 0.6 is 0 Å². The fraction of sp³-hybridized carbons (Fsp3) is 0.462. The van der Waals surface area contributed by atoms with E-state index in [4.69, 9.17) is 0 Å². The van der Waals surface area contributed by atoms with Crippen molar-refractivity contribution in [3.05, 3.63) is 54.1 Å². The number of carbonyl (C=O) groups is 2. The van der Waals surface area contributed by atoms with Crippen LogP contribution in [-0.4, -0.2) is 56.8 Å². The second-order valence-corrected chi connectivity index (χ2v) is 11.5. The highest BCUT2D eigenvalue weighted by atomic mass is 32.2. The second-order valence-electron chi connectivity index (χ2n) is 9.59. The molecule has 2 fully saturated rings. The van der Waals surface area contributed by atoms with Crippen LogP contribution in [0.1, 0.15) is 50.6 Å². The van der Waals surface area contributed by atoms with Gasteiger partial charge in [0.15, 0.2) is 0 Å². The summed E-state index contributed by atoms with van der Waals surface area (Å²) in [6.07, 6.45) is 4.36. The summed E-state index contributed by atoms with van der Waals surface area (Å²) in [5, 5.41) is 2.98. The first-order chi connectivity index (χ1) is 16.9. The lowest BCUT2D eigenvalue weighted by Gasteiger charge is -2.45. The topological polar surface area (TPSA) is 90.0 Å². The summed E-state index contributed by atoms with van der Waals surface area (Å²) >= 11 is 0. The predicted octanol–water partition coefficient (Wildman–Crippen LogP) is 3.05. The fourth-order valence-corrected chi connectivity index (χ4v) is 6.93. The minimum Gasteiger partial charge on any atom is -0.358 e. The summed E-state index contributed by atoms with van der Waals surface area (Å²) in [5.41, 5.74) is 2.29. The predicted molar refractivity (Wildman–Crippen MR) is 135 cm³/mol. The van der Waals surface area contributed by atoms with Gasteiger partial charge in [-0.15, -0.1) is 0 Å². The van der Waals surface area contributed by atoms with Crippen molar-refractivity contribution >= 4 is 33.2 Å². The Balaban J connectivity index is 1.46. The summed E-state index contributed by atoms with van der Waals surface area (Å²) in [6.45, 7) is 3.52. The quantitative estimate of drug-likeness (QED) is 0.664. The molecule has 1 N–H and O–H groups in total. The van der Waals surface area contributed by atoms with Gasteiger partial charge in [0, 0.05) is 19.6 Å². The van der Waals surface area contributed by atoms with Gasteiger partial charge in [-0.25, -0.2) is 8.42 Å². The van der Waals surface area contributed by atoms with E-state index in [0.717, 1.165) is 49.9 Å². The average molecular weight is 497 g/mol. The van der Waals surface area contributed by atoms with Gasteiger partial charge in [-0.05, 0) is 62.8 Å². The van der Waals surface area contributed by atoms with E-state index >= 15 is 0 Å². The molecule has 2 amide bonds. The maximum Gasteiger partial charge on any atom is 0.250 e. The van der Waals surface area contributed by atoms with Crippen LogP contribution in [0.2, 0.25) is 0 Å². The molecule has 0 unspecified atom stereocenters. The van der Waals surface area contributed by atoms with Crippen LogP contribution in [0.4, 0.5) is 11.4 Å². The van der Waals surface area contributed by atoms with Gasteiger partial charge in [-0.3, -0.25) is 14.5 Å². The number of nitrogens with one attached hydrogen (secondary N) is 1. The van der Waals surface area contributed by atoms with Crippen molar-refractivity contribution in [3.63, 3.8) is 0 Å². The van der Waals surface area contributed by atoms with Gasteiger partial charge in [0.2, 0.25) is 21.8 Å². The molecule has 0 spiro atoms. The molecule has 0 bridgehead atoms. The third kappa shape index (κ3) is 4.54. The average Bonchev–Trinajstić information content (AvgIpc) is 3.43. The molecular weight excluding hydrogens is 464 g/mol. The number of anilines is 2. The molecule has 2 aromatic rings. The molecule has 3 aliphatic heterocycles. The minimum atomic E-state index is -3.65. The number of fused-ring (bicyclic) bond motifs is 3. The van der Waals surface area contributed by atoms with Crippen molar-refractivity contribution in [3.8, 4) is 0 Å². The molecule has 2 aromatic carbocycles. The minimum absolute atomic E-state index is 0.143. The first-order valence-corrected chi connectivity index (χ1v) is 13.9. The van der Waals surface area contributed by atoms with Crippen molar-refractivity contribution in [2.24, 2.45) is 0 Å². The number of benzene rings is 2. The molecule has 2 saturated heterocycles. The van der Waals surface area contributed by atoms with E-state index in [0.29, 0.717) is 18.8 Å². The van der Waals surface area contributed by atoms with E-state index in [1.165, 1.54) is 9.21 Å². The van der Waals surface area contributed by atoms with Crippen LogP contribution in [0.25, 0.3) is 0 Å². The number of hydrogen-bond acceptors (Lipinski definition) is 5. The third-order valence-electron chi connectivity index (χ3n) is 7.28. The van der Waals surface area contributed by atoms with E-state index in [9.17, 15) is 18.0 Å². The zero-order valence-electron chi connectivity index (χ0n) is 20.0. The van der Waals surface area contributed by atoms with Crippen molar-refractivity contribution in [2.45, 2.75) is 56.0 Å². The van der Waals surface area contributed by atoms with Gasteiger partial charge in [0.1, 0.15) is 12.6 Å². The second kappa shape index (κ2) is 9.62. The van der Waals surface area contributed by atoms with E-state index in [1.54, 1.807) is 18.2 Å². The van der Waals surface area contributed by atoms with E-state index in [-0.39, 0.29) is 35.3 Å². The van der Waals surface area contributed by atoms with E-state index in [1.807, 2.05) is 37.3 Å². The number of hydrogen-bond donors (Lipinski definition) is 1. The Hall–Kier alpha value is -2.91. The number of piperidine rings is 1. The number of carbonyl (C=O) groups excluding carboxylic acids is 2. The summed E-state index contributed by atoms with van der Waals surface area (Å²) < 4.78 is 28.0. The number of sulfonamides is 1. The summed E-state index contributed by atoms with van der Waals surface area (Å²) in [6, 6.07) is 14.1. The standard InChI is InChI=1S/C26H32N4O4S/c1-19(20-9-3-2-4-10-20)27-25(31)18-30-24-17-21(35(33,34)28-14-7-8-15-28)12-13-22(24)29-16-6-5-11-23(29)26(30)32/h2-4,9-10,12-13,17,19,23H,5-8,11,14-16,18H2,1H3,(H,27,31)/t19-,23-/m0/s1. The lowest BCUT2D eigenvalue weighted by molar-refractivity contribution is -0.125. The molecular formula is C26H32N4O4S. The van der Waals surface area contributed by atoms with Crippen LogP contribution in [0.15, 0.2) is 53.4 Å². The molecule has 2 atom stereocenters. The Morgan fingerprint density at radius 3 is 2.46 bits per heavy atom. The molecule has 3 aliphatic rings. The molecule has 0 saturated carbocycles. The number of amides is 2. The first-order valence-electron chi connectivity index (χ1n) is 12.4. The Labute approximate surface area is 206 Å². The smallest absolute Gasteiger partial charge is 0.250 e. The van der Waals surface area contributed by atoms with E-state index < -0.39 is 10.0 Å². The first kappa shape index (κ1) is 23.8. The van der Waals surface area contributed by atoms with Crippen molar-refractivity contribution in [1.82, 2.24) is 9.62 Å². The number of rotatable bonds is 6. The van der Waals surface area contributed by atoms with Crippen LogP contribution in [0.3, 0.4) is 0 Å². The van der Waals surface area contributed by atoms with Crippen LogP contribution in [-0.2, 0) is 19.6 Å². The highest BCUT2D eigenvalue weighted by molar-refractivity contribution is 7.89. The Morgan fingerprint density at radius 2 is 1.71 bits per heavy atom. The molecule has 9 heteroatoms. The molecule has 186 valence electrons. The molecule has 0 radical (unpaired) electrons. The highest BCUT2D eigenvalue weighted by Crippen LogP contribution is 2.41. The Kier molecular flexibility index (Phi) is 6.55. The van der Waals surface area contributed by atoms with Crippen LogP contribution in [0.5, 0.6) is 0 Å². The van der Waals surface area contributed by atoms with Gasteiger partial charge >= 0.3 is 0 Å². The Morgan fingerprint density at radius 1 is 1.00 bits per heavy atom.